The Hall–Kier alpha value is -3.83. The highest BCUT2D eigenvalue weighted by molar-refractivity contribution is 5.80. The van der Waals surface area contributed by atoms with E-state index < -0.39 is 12.0 Å². The summed E-state index contributed by atoms with van der Waals surface area (Å²) >= 11 is 0. The zero-order valence-corrected chi connectivity index (χ0v) is 23.1. The van der Waals surface area contributed by atoms with Gasteiger partial charge in [-0.15, -0.1) is 13.2 Å². The van der Waals surface area contributed by atoms with Gasteiger partial charge < -0.3 is 29.5 Å². The van der Waals surface area contributed by atoms with E-state index in [9.17, 15) is 23.1 Å². The van der Waals surface area contributed by atoms with Crippen LogP contribution < -0.4 is 20.8 Å². The number of aliphatic hydroxyl groups is 1. The van der Waals surface area contributed by atoms with Crippen LogP contribution in [0.4, 0.5) is 13.2 Å². The lowest BCUT2D eigenvalue weighted by Gasteiger charge is -2.43. The fourth-order valence-electron chi connectivity index (χ4n) is 6.36. The number of rotatable bonds is 6. The van der Waals surface area contributed by atoms with Crippen molar-refractivity contribution in [3.8, 4) is 11.4 Å². The van der Waals surface area contributed by atoms with Gasteiger partial charge >= 0.3 is 6.36 Å². The summed E-state index contributed by atoms with van der Waals surface area (Å²) < 4.78 is 43.8. The molecule has 3 aliphatic heterocycles. The maximum Gasteiger partial charge on any atom is 0.573 e. The van der Waals surface area contributed by atoms with E-state index in [0.29, 0.717) is 50.3 Å². The van der Waals surface area contributed by atoms with Crippen LogP contribution in [-0.2, 0) is 4.79 Å². The molecule has 3 aromatic rings. The first-order valence-corrected chi connectivity index (χ1v) is 14.3. The fourth-order valence-corrected chi connectivity index (χ4v) is 6.36. The van der Waals surface area contributed by atoms with Crippen LogP contribution >= 0.6 is 0 Å². The lowest BCUT2D eigenvalue weighted by atomic mass is 9.80. The number of fused-ring (bicyclic) bond motifs is 1. The predicted octanol–water partition coefficient (Wildman–Crippen LogP) is 2.75. The highest BCUT2D eigenvalue weighted by atomic mass is 19.4. The molecule has 2 fully saturated rings. The van der Waals surface area contributed by atoms with Gasteiger partial charge in [-0.2, -0.15) is 0 Å². The summed E-state index contributed by atoms with van der Waals surface area (Å²) in [5.74, 6) is -0.0644. The van der Waals surface area contributed by atoms with Gasteiger partial charge in [0.05, 0.1) is 11.3 Å². The molecule has 2 aromatic carbocycles. The van der Waals surface area contributed by atoms with E-state index in [1.54, 1.807) is 16.8 Å². The highest BCUT2D eigenvalue weighted by Crippen LogP contribution is 2.33. The summed E-state index contributed by atoms with van der Waals surface area (Å²) in [6.45, 7) is 3.28. The van der Waals surface area contributed by atoms with Gasteiger partial charge in [0.25, 0.3) is 0 Å². The van der Waals surface area contributed by atoms with Crippen molar-refractivity contribution in [1.82, 2.24) is 19.7 Å². The Balaban J connectivity index is 1.09. The van der Waals surface area contributed by atoms with E-state index in [0.717, 1.165) is 24.7 Å². The van der Waals surface area contributed by atoms with Gasteiger partial charge in [-0.25, -0.2) is 4.99 Å². The number of nitrogens with zero attached hydrogens (tertiary/aromatic N) is 4. The Labute approximate surface area is 241 Å². The number of likely N-dealkylation sites (tertiary alicyclic amines) is 1. The van der Waals surface area contributed by atoms with Gasteiger partial charge in [0.15, 0.2) is 0 Å². The molecule has 0 bridgehead atoms. The van der Waals surface area contributed by atoms with Crippen LogP contribution in [0.3, 0.4) is 0 Å². The number of hydrogen-bond acceptors (Lipinski definition) is 6. The van der Waals surface area contributed by atoms with Gasteiger partial charge in [-0.1, -0.05) is 36.4 Å². The van der Waals surface area contributed by atoms with Crippen LogP contribution in [0.1, 0.15) is 30.7 Å². The summed E-state index contributed by atoms with van der Waals surface area (Å²) in [6, 6.07) is 17.8. The number of carbonyl (C=O) groups is 1. The van der Waals surface area contributed by atoms with Crippen molar-refractivity contribution in [3.05, 3.63) is 83.1 Å². The van der Waals surface area contributed by atoms with Crippen molar-refractivity contribution in [2.24, 2.45) is 10.9 Å². The summed E-state index contributed by atoms with van der Waals surface area (Å²) in [5, 5.41) is 15.7. The van der Waals surface area contributed by atoms with Gasteiger partial charge in [0.2, 0.25) is 5.91 Å². The second-order valence-electron chi connectivity index (χ2n) is 11.4. The summed E-state index contributed by atoms with van der Waals surface area (Å²) in [4.78, 5) is 22.1. The Morgan fingerprint density at radius 2 is 1.88 bits per heavy atom. The molecule has 1 amide bonds. The lowest BCUT2D eigenvalue weighted by molar-refractivity contribution is -0.274. The number of halogens is 3. The van der Waals surface area contributed by atoms with Crippen molar-refractivity contribution in [2.75, 3.05) is 39.4 Å². The number of nitrogens with one attached hydrogen (secondary N) is 1. The molecule has 2 N–H and O–H groups in total. The molecule has 42 heavy (non-hydrogen) atoms. The van der Waals surface area contributed by atoms with Gasteiger partial charge in [-0.05, 0) is 49.6 Å². The van der Waals surface area contributed by atoms with Crippen LogP contribution in [0.15, 0.2) is 71.9 Å². The van der Waals surface area contributed by atoms with E-state index in [-0.39, 0.29) is 23.5 Å². The van der Waals surface area contributed by atoms with Gasteiger partial charge in [-0.3, -0.25) is 4.79 Å². The molecule has 0 radical (unpaired) electrons. The maximum atomic E-state index is 13.6. The average molecular weight is 582 g/mol. The largest absolute Gasteiger partial charge is 0.573 e. The minimum absolute atomic E-state index is 0.0720. The minimum Gasteiger partial charge on any atom is -0.406 e. The summed E-state index contributed by atoms with van der Waals surface area (Å²) in [7, 11) is 0. The molecule has 11 heteroatoms. The SMILES string of the molecule is O=C([C@@H]1CCNC[C@H]1c1ccccc1)N1CCC(O)(CN2C=c3ccn(-c4cccc(OC(F)(F)F)c4)c3=NC2)CC1. The molecule has 4 heterocycles. The van der Waals surface area contributed by atoms with Crippen LogP contribution in [0.25, 0.3) is 11.9 Å². The van der Waals surface area contributed by atoms with Crippen molar-refractivity contribution in [3.63, 3.8) is 0 Å². The molecule has 0 saturated carbocycles. The van der Waals surface area contributed by atoms with E-state index in [2.05, 4.69) is 27.2 Å². The zero-order chi connectivity index (χ0) is 29.3. The Morgan fingerprint density at radius 3 is 2.64 bits per heavy atom. The van der Waals surface area contributed by atoms with E-state index >= 15 is 0 Å². The van der Waals surface area contributed by atoms with Crippen molar-refractivity contribution >= 4 is 12.1 Å². The van der Waals surface area contributed by atoms with Crippen LogP contribution in [-0.4, -0.2) is 76.7 Å². The van der Waals surface area contributed by atoms with Gasteiger partial charge in [0.1, 0.15) is 17.9 Å². The minimum atomic E-state index is -4.77. The quantitative estimate of drug-likeness (QED) is 0.468. The monoisotopic (exact) mass is 581 g/mol. The van der Waals surface area contributed by atoms with E-state index in [4.69, 9.17) is 0 Å². The highest BCUT2D eigenvalue weighted by Gasteiger charge is 2.40. The average Bonchev–Trinajstić information content (AvgIpc) is 3.40. The van der Waals surface area contributed by atoms with Crippen molar-refractivity contribution in [2.45, 2.75) is 37.1 Å². The number of hydrogen-bond donors (Lipinski definition) is 2. The smallest absolute Gasteiger partial charge is 0.406 e. The third kappa shape index (κ3) is 6.17. The molecule has 222 valence electrons. The first-order chi connectivity index (χ1) is 20.2. The molecule has 0 spiro atoms. The number of piperidine rings is 2. The third-order valence-electron chi connectivity index (χ3n) is 8.47. The number of carbonyl (C=O) groups excluding carboxylic acids is 1. The summed E-state index contributed by atoms with van der Waals surface area (Å²) in [5.41, 5.74) is 1.34. The fraction of sp³-hybridized carbons (Fsp3) is 0.419. The first-order valence-electron chi connectivity index (χ1n) is 14.3. The number of alkyl halides is 3. The van der Waals surface area contributed by atoms with Crippen LogP contribution in [0.5, 0.6) is 5.75 Å². The standard InChI is InChI=1S/C31H34F3N5O3/c32-31(33,34)42-25-8-4-7-24(17-25)39-14-10-23-19-37(21-36-28(23)39)20-30(41)11-15-38(16-12-30)29(40)26-9-13-35-18-27(26)22-5-2-1-3-6-22/h1-8,10,14,17,19,26-27,35,41H,9,11-13,15-16,18,20-21H2/t26-,27+/m1/s1. The summed E-state index contributed by atoms with van der Waals surface area (Å²) in [6.07, 6.45) is 0.654. The van der Waals surface area contributed by atoms with Gasteiger partial charge in [0, 0.05) is 61.7 Å². The molecule has 6 rings (SSSR count). The van der Waals surface area contributed by atoms with Crippen LogP contribution in [0.2, 0.25) is 0 Å². The third-order valence-corrected chi connectivity index (χ3v) is 8.47. The topological polar surface area (TPSA) is 82.3 Å². The lowest BCUT2D eigenvalue weighted by Crippen LogP contribution is -2.54. The molecule has 0 aliphatic carbocycles. The second-order valence-corrected chi connectivity index (χ2v) is 11.4. The van der Waals surface area contributed by atoms with E-state index in [1.807, 2.05) is 40.3 Å². The molecule has 2 atom stereocenters. The number of aromatic nitrogens is 1. The van der Waals surface area contributed by atoms with Crippen molar-refractivity contribution < 1.29 is 27.8 Å². The van der Waals surface area contributed by atoms with Crippen LogP contribution in [0, 0.1) is 5.92 Å². The molecule has 2 saturated heterocycles. The molecule has 8 nitrogen and oxygen atoms in total. The van der Waals surface area contributed by atoms with Crippen molar-refractivity contribution in [1.29, 1.82) is 0 Å². The number of benzene rings is 2. The zero-order valence-electron chi connectivity index (χ0n) is 23.1. The normalized spacial score (nSPS) is 22.1. The molecular formula is C31H34F3N5O3. The Bertz CT molecular complexity index is 1530. The van der Waals surface area contributed by atoms with E-state index in [1.165, 1.54) is 23.8 Å². The Kier molecular flexibility index (Phi) is 7.71. The first kappa shape index (κ1) is 28.3. The molecule has 3 aliphatic rings. The number of ether oxygens (including phenoxy) is 1. The number of amides is 1. The molecule has 0 unspecified atom stereocenters. The number of β-amino-alcohol motifs (C(OH)–C–C–N with tert-alkyl or cyclic N) is 1. The Morgan fingerprint density at radius 1 is 1.10 bits per heavy atom. The predicted molar refractivity (Wildman–Crippen MR) is 150 cm³/mol. The second kappa shape index (κ2) is 11.4. The molecular weight excluding hydrogens is 547 g/mol. The molecule has 1 aromatic heterocycles. The maximum absolute atomic E-state index is 13.6.